The molecule has 1 aromatic carbocycles. The van der Waals surface area contributed by atoms with E-state index in [-0.39, 0.29) is 5.84 Å². The van der Waals surface area contributed by atoms with Gasteiger partial charge in [0.15, 0.2) is 5.84 Å². The van der Waals surface area contributed by atoms with E-state index in [0.29, 0.717) is 18.8 Å². The lowest BCUT2D eigenvalue weighted by Gasteiger charge is -2.11. The van der Waals surface area contributed by atoms with Crippen molar-refractivity contribution in [1.29, 1.82) is 0 Å². The first-order chi connectivity index (χ1) is 10.2. The van der Waals surface area contributed by atoms with Gasteiger partial charge in [0.25, 0.3) is 0 Å². The van der Waals surface area contributed by atoms with E-state index < -0.39 is 0 Å². The van der Waals surface area contributed by atoms with Gasteiger partial charge < -0.3 is 21.0 Å². The molecule has 2 aromatic rings. The van der Waals surface area contributed by atoms with Gasteiger partial charge in [0.1, 0.15) is 11.4 Å². The van der Waals surface area contributed by atoms with E-state index in [4.69, 9.17) is 15.7 Å². The van der Waals surface area contributed by atoms with E-state index >= 15 is 0 Å². The van der Waals surface area contributed by atoms with E-state index in [9.17, 15) is 0 Å². The third-order valence-electron chi connectivity index (χ3n) is 2.87. The Labute approximate surface area is 123 Å². The van der Waals surface area contributed by atoms with Gasteiger partial charge in [-0.1, -0.05) is 17.3 Å². The second-order valence-corrected chi connectivity index (χ2v) is 4.31. The van der Waals surface area contributed by atoms with Gasteiger partial charge in [-0.05, 0) is 25.1 Å². The van der Waals surface area contributed by atoms with Gasteiger partial charge in [-0.25, -0.2) is 0 Å². The average molecular weight is 286 g/mol. The molecule has 0 fully saturated rings. The SMILES string of the molecule is CCOc1cccc(NCc2cccnc2C(N)=NO)c1. The number of pyridine rings is 1. The van der Waals surface area contributed by atoms with E-state index in [0.717, 1.165) is 17.0 Å². The Balaban J connectivity index is 2.11. The molecule has 1 heterocycles. The van der Waals surface area contributed by atoms with Crippen LogP contribution in [0, 0.1) is 0 Å². The lowest BCUT2D eigenvalue weighted by molar-refractivity contribution is 0.318. The van der Waals surface area contributed by atoms with Crippen molar-refractivity contribution < 1.29 is 9.94 Å². The molecule has 0 saturated heterocycles. The zero-order valence-electron chi connectivity index (χ0n) is 11.8. The lowest BCUT2D eigenvalue weighted by atomic mass is 10.1. The van der Waals surface area contributed by atoms with Crippen LogP contribution in [0.25, 0.3) is 0 Å². The van der Waals surface area contributed by atoms with E-state index in [1.54, 1.807) is 6.20 Å². The smallest absolute Gasteiger partial charge is 0.189 e. The van der Waals surface area contributed by atoms with Gasteiger partial charge in [0.05, 0.1) is 6.61 Å². The standard InChI is InChI=1S/C15H18N4O2/c1-2-21-13-7-3-6-12(9-13)18-10-11-5-4-8-17-14(11)15(16)19-20/h3-9,18,20H,2,10H2,1H3,(H2,16,19). The minimum atomic E-state index is -0.00420. The fourth-order valence-electron chi connectivity index (χ4n) is 1.92. The minimum absolute atomic E-state index is 0.00420. The van der Waals surface area contributed by atoms with Crippen molar-refractivity contribution in [2.24, 2.45) is 10.9 Å². The monoisotopic (exact) mass is 286 g/mol. The summed E-state index contributed by atoms with van der Waals surface area (Å²) in [4.78, 5) is 4.13. The molecule has 6 nitrogen and oxygen atoms in total. The summed E-state index contributed by atoms with van der Waals surface area (Å²) < 4.78 is 5.45. The van der Waals surface area contributed by atoms with Crippen molar-refractivity contribution in [3.63, 3.8) is 0 Å². The maximum atomic E-state index is 8.78. The van der Waals surface area contributed by atoms with Crippen LogP contribution in [0.4, 0.5) is 5.69 Å². The number of benzene rings is 1. The number of nitrogens with zero attached hydrogens (tertiary/aromatic N) is 2. The van der Waals surface area contributed by atoms with Crippen molar-refractivity contribution in [2.75, 3.05) is 11.9 Å². The molecule has 6 heteroatoms. The van der Waals surface area contributed by atoms with Gasteiger partial charge >= 0.3 is 0 Å². The molecule has 1 aromatic heterocycles. The predicted octanol–water partition coefficient (Wildman–Crippen LogP) is 2.19. The highest BCUT2D eigenvalue weighted by Crippen LogP contribution is 2.18. The van der Waals surface area contributed by atoms with Crippen molar-refractivity contribution in [2.45, 2.75) is 13.5 Å². The molecular formula is C15H18N4O2. The summed E-state index contributed by atoms with van der Waals surface area (Å²) >= 11 is 0. The number of anilines is 1. The van der Waals surface area contributed by atoms with Crippen LogP contribution in [0.15, 0.2) is 47.8 Å². The fraction of sp³-hybridized carbons (Fsp3) is 0.200. The van der Waals surface area contributed by atoms with Gasteiger partial charge in [0, 0.05) is 30.1 Å². The van der Waals surface area contributed by atoms with Crippen LogP contribution in [0.5, 0.6) is 5.75 Å². The number of hydrogen-bond donors (Lipinski definition) is 3. The quantitative estimate of drug-likeness (QED) is 0.327. The molecule has 0 atom stereocenters. The normalized spacial score (nSPS) is 11.2. The summed E-state index contributed by atoms with van der Waals surface area (Å²) in [6, 6.07) is 11.4. The molecule has 2 rings (SSSR count). The Morgan fingerprint density at radius 3 is 3.00 bits per heavy atom. The Morgan fingerprint density at radius 2 is 2.24 bits per heavy atom. The van der Waals surface area contributed by atoms with Crippen LogP contribution in [0.2, 0.25) is 0 Å². The first kappa shape index (κ1) is 14.6. The van der Waals surface area contributed by atoms with Crippen LogP contribution < -0.4 is 15.8 Å². The molecule has 0 aliphatic heterocycles. The largest absolute Gasteiger partial charge is 0.494 e. The number of amidine groups is 1. The molecule has 21 heavy (non-hydrogen) atoms. The summed E-state index contributed by atoms with van der Waals surface area (Å²) in [7, 11) is 0. The highest BCUT2D eigenvalue weighted by atomic mass is 16.5. The second kappa shape index (κ2) is 7.14. The van der Waals surface area contributed by atoms with E-state index in [1.165, 1.54) is 0 Å². The lowest BCUT2D eigenvalue weighted by Crippen LogP contribution is -2.18. The van der Waals surface area contributed by atoms with Crippen molar-refractivity contribution in [3.05, 3.63) is 53.9 Å². The number of nitrogens with one attached hydrogen (secondary N) is 1. The number of rotatable bonds is 6. The molecule has 0 radical (unpaired) electrons. The maximum Gasteiger partial charge on any atom is 0.189 e. The molecule has 0 amide bonds. The molecule has 0 aliphatic carbocycles. The Bertz CT molecular complexity index is 629. The molecule has 0 unspecified atom stereocenters. The summed E-state index contributed by atoms with van der Waals surface area (Å²) in [5.41, 5.74) is 7.85. The summed E-state index contributed by atoms with van der Waals surface area (Å²) in [5, 5.41) is 15.0. The maximum absolute atomic E-state index is 8.78. The highest BCUT2D eigenvalue weighted by molar-refractivity contribution is 5.96. The third-order valence-corrected chi connectivity index (χ3v) is 2.87. The Morgan fingerprint density at radius 1 is 1.38 bits per heavy atom. The van der Waals surface area contributed by atoms with Crippen molar-refractivity contribution in [1.82, 2.24) is 4.98 Å². The molecule has 0 aliphatic rings. The molecular weight excluding hydrogens is 268 g/mol. The van der Waals surface area contributed by atoms with Crippen molar-refractivity contribution in [3.8, 4) is 5.75 Å². The van der Waals surface area contributed by atoms with E-state index in [1.807, 2.05) is 43.3 Å². The third kappa shape index (κ3) is 3.85. The fourth-order valence-corrected chi connectivity index (χ4v) is 1.92. The molecule has 0 saturated carbocycles. The molecule has 4 N–H and O–H groups in total. The van der Waals surface area contributed by atoms with Crippen LogP contribution in [0.3, 0.4) is 0 Å². The van der Waals surface area contributed by atoms with Gasteiger partial charge in [-0.2, -0.15) is 0 Å². The van der Waals surface area contributed by atoms with Crippen LogP contribution in [-0.4, -0.2) is 22.6 Å². The first-order valence-electron chi connectivity index (χ1n) is 6.63. The van der Waals surface area contributed by atoms with Gasteiger partial charge in [-0.3, -0.25) is 4.98 Å². The van der Waals surface area contributed by atoms with E-state index in [2.05, 4.69) is 15.5 Å². The van der Waals surface area contributed by atoms with Crippen LogP contribution in [-0.2, 0) is 6.54 Å². The molecule has 0 spiro atoms. The van der Waals surface area contributed by atoms with Crippen molar-refractivity contribution >= 4 is 11.5 Å². The summed E-state index contributed by atoms with van der Waals surface area (Å²) in [6.07, 6.45) is 1.60. The average Bonchev–Trinajstić information content (AvgIpc) is 2.53. The van der Waals surface area contributed by atoms with Gasteiger partial charge in [0.2, 0.25) is 0 Å². The number of aromatic nitrogens is 1. The zero-order chi connectivity index (χ0) is 15.1. The number of ether oxygens (including phenoxy) is 1. The number of hydrogen-bond acceptors (Lipinski definition) is 5. The number of nitrogens with two attached hydrogens (primary N) is 1. The van der Waals surface area contributed by atoms with Crippen LogP contribution >= 0.6 is 0 Å². The molecule has 0 bridgehead atoms. The first-order valence-corrected chi connectivity index (χ1v) is 6.63. The Hall–Kier alpha value is -2.76. The highest BCUT2D eigenvalue weighted by Gasteiger charge is 2.08. The second-order valence-electron chi connectivity index (χ2n) is 4.31. The van der Waals surface area contributed by atoms with Gasteiger partial charge in [-0.15, -0.1) is 0 Å². The zero-order valence-corrected chi connectivity index (χ0v) is 11.8. The van der Waals surface area contributed by atoms with Crippen LogP contribution in [0.1, 0.15) is 18.2 Å². The Kier molecular flexibility index (Phi) is 4.98. The summed E-state index contributed by atoms with van der Waals surface area (Å²) in [6.45, 7) is 3.08. The summed E-state index contributed by atoms with van der Waals surface area (Å²) in [5.74, 6) is 0.806. The minimum Gasteiger partial charge on any atom is -0.494 e. The topological polar surface area (TPSA) is 92.8 Å². The predicted molar refractivity (Wildman–Crippen MR) is 81.7 cm³/mol. The number of oxime groups is 1. The molecule has 110 valence electrons.